The van der Waals surface area contributed by atoms with Crippen LogP contribution in [-0.2, 0) is 4.74 Å². The van der Waals surface area contributed by atoms with Gasteiger partial charge in [-0.1, -0.05) is 30.3 Å². The Bertz CT molecular complexity index is 584. The van der Waals surface area contributed by atoms with Crippen LogP contribution in [0.1, 0.15) is 26.3 Å². The number of hydrogen-bond acceptors (Lipinski definition) is 2. The standard InChI is InChI=1S/C16H18N2O/c1-16(2)12-14(8-11-19-16)18-10-9-17-15(18)13-6-4-3-5-7-13/h3-11,14H,12H2,1-2H3. The molecule has 1 aliphatic heterocycles. The van der Waals surface area contributed by atoms with Crippen molar-refractivity contribution in [1.82, 2.24) is 9.55 Å². The fourth-order valence-electron chi connectivity index (χ4n) is 2.52. The summed E-state index contributed by atoms with van der Waals surface area (Å²) >= 11 is 0. The number of hydrogen-bond donors (Lipinski definition) is 0. The van der Waals surface area contributed by atoms with Crippen LogP contribution in [0.25, 0.3) is 11.4 Å². The summed E-state index contributed by atoms with van der Waals surface area (Å²) in [4.78, 5) is 4.50. The number of aromatic nitrogens is 2. The maximum atomic E-state index is 5.62. The van der Waals surface area contributed by atoms with E-state index in [1.165, 1.54) is 0 Å². The van der Waals surface area contributed by atoms with Gasteiger partial charge in [0.2, 0.25) is 0 Å². The van der Waals surface area contributed by atoms with Crippen LogP contribution in [0.3, 0.4) is 0 Å². The van der Waals surface area contributed by atoms with E-state index in [4.69, 9.17) is 4.74 Å². The van der Waals surface area contributed by atoms with Crippen LogP contribution >= 0.6 is 0 Å². The second-order valence-corrected chi connectivity index (χ2v) is 5.50. The molecule has 98 valence electrons. The lowest BCUT2D eigenvalue weighted by Crippen LogP contribution is -2.29. The molecule has 0 fully saturated rings. The van der Waals surface area contributed by atoms with Gasteiger partial charge in [0.1, 0.15) is 11.4 Å². The highest BCUT2D eigenvalue weighted by molar-refractivity contribution is 5.55. The monoisotopic (exact) mass is 254 g/mol. The highest BCUT2D eigenvalue weighted by Crippen LogP contribution is 2.32. The van der Waals surface area contributed by atoms with Crippen molar-refractivity contribution in [2.24, 2.45) is 0 Å². The fourth-order valence-corrected chi connectivity index (χ4v) is 2.52. The third-order valence-corrected chi connectivity index (χ3v) is 3.45. The summed E-state index contributed by atoms with van der Waals surface area (Å²) in [5.74, 6) is 1.01. The lowest BCUT2D eigenvalue weighted by molar-refractivity contribution is 0.0262. The predicted octanol–water partition coefficient (Wildman–Crippen LogP) is 3.80. The van der Waals surface area contributed by atoms with Crippen LogP contribution in [0.15, 0.2) is 55.1 Å². The van der Waals surface area contributed by atoms with Crippen LogP contribution in [0, 0.1) is 0 Å². The summed E-state index contributed by atoms with van der Waals surface area (Å²) in [5.41, 5.74) is 1.02. The van der Waals surface area contributed by atoms with Gasteiger partial charge in [0.15, 0.2) is 0 Å². The van der Waals surface area contributed by atoms with Gasteiger partial charge in [-0.15, -0.1) is 0 Å². The average molecular weight is 254 g/mol. The van der Waals surface area contributed by atoms with E-state index in [1.54, 1.807) is 0 Å². The van der Waals surface area contributed by atoms with Crippen molar-refractivity contribution in [2.75, 3.05) is 0 Å². The first-order valence-electron chi connectivity index (χ1n) is 6.58. The van der Waals surface area contributed by atoms with Gasteiger partial charge >= 0.3 is 0 Å². The van der Waals surface area contributed by atoms with E-state index < -0.39 is 0 Å². The van der Waals surface area contributed by atoms with Crippen molar-refractivity contribution >= 4 is 0 Å². The van der Waals surface area contributed by atoms with Crippen LogP contribution in [0.4, 0.5) is 0 Å². The van der Waals surface area contributed by atoms with Gasteiger partial charge in [0.25, 0.3) is 0 Å². The Kier molecular flexibility index (Phi) is 2.90. The molecule has 0 bridgehead atoms. The average Bonchev–Trinajstić information content (AvgIpc) is 2.88. The molecular weight excluding hydrogens is 236 g/mol. The highest BCUT2D eigenvalue weighted by atomic mass is 16.5. The minimum atomic E-state index is -0.127. The van der Waals surface area contributed by atoms with Crippen molar-refractivity contribution in [3.05, 3.63) is 55.1 Å². The number of allylic oxidation sites excluding steroid dienone is 1. The van der Waals surface area contributed by atoms with E-state index in [1.807, 2.05) is 36.9 Å². The van der Waals surface area contributed by atoms with Gasteiger partial charge in [-0.25, -0.2) is 4.98 Å². The summed E-state index contributed by atoms with van der Waals surface area (Å²) < 4.78 is 7.84. The summed E-state index contributed by atoms with van der Waals surface area (Å²) in [6.45, 7) is 4.23. The van der Waals surface area contributed by atoms with Gasteiger partial charge < -0.3 is 9.30 Å². The van der Waals surface area contributed by atoms with Crippen LogP contribution in [0.2, 0.25) is 0 Å². The summed E-state index contributed by atoms with van der Waals surface area (Å²) in [6.07, 6.45) is 8.75. The molecule has 2 heterocycles. The fraction of sp³-hybridized carbons (Fsp3) is 0.312. The minimum Gasteiger partial charge on any atom is -0.496 e. The first-order chi connectivity index (χ1) is 9.16. The molecule has 0 aliphatic carbocycles. The smallest absolute Gasteiger partial charge is 0.140 e. The van der Waals surface area contributed by atoms with Crippen LogP contribution in [-0.4, -0.2) is 15.2 Å². The lowest BCUT2D eigenvalue weighted by Gasteiger charge is -2.33. The van der Waals surface area contributed by atoms with Gasteiger partial charge in [-0.05, 0) is 19.9 Å². The first-order valence-corrected chi connectivity index (χ1v) is 6.58. The zero-order valence-corrected chi connectivity index (χ0v) is 11.3. The SMILES string of the molecule is CC1(C)CC(n2ccnc2-c2ccccc2)C=CO1. The van der Waals surface area contributed by atoms with Gasteiger partial charge in [0, 0.05) is 24.4 Å². The second-order valence-electron chi connectivity index (χ2n) is 5.50. The Hall–Kier alpha value is -2.03. The summed E-state index contributed by atoms with van der Waals surface area (Å²) in [6, 6.07) is 10.6. The zero-order valence-electron chi connectivity index (χ0n) is 11.3. The third-order valence-electron chi connectivity index (χ3n) is 3.45. The number of rotatable bonds is 2. The quantitative estimate of drug-likeness (QED) is 0.815. The highest BCUT2D eigenvalue weighted by Gasteiger charge is 2.28. The van der Waals surface area contributed by atoms with Crippen molar-refractivity contribution in [3.63, 3.8) is 0 Å². The van der Waals surface area contributed by atoms with Crippen LogP contribution in [0.5, 0.6) is 0 Å². The summed E-state index contributed by atoms with van der Waals surface area (Å²) in [7, 11) is 0. The normalized spacial score (nSPS) is 21.1. The van der Waals surface area contributed by atoms with Crippen molar-refractivity contribution in [3.8, 4) is 11.4 Å². The number of imidazole rings is 1. The van der Waals surface area contributed by atoms with E-state index in [0.717, 1.165) is 17.8 Å². The van der Waals surface area contributed by atoms with Crippen LogP contribution < -0.4 is 0 Å². The molecule has 1 aliphatic rings. The topological polar surface area (TPSA) is 27.1 Å². The molecule has 0 saturated heterocycles. The lowest BCUT2D eigenvalue weighted by atomic mass is 9.96. The van der Waals surface area contributed by atoms with E-state index in [0.29, 0.717) is 6.04 Å². The molecule has 1 aromatic heterocycles. The van der Waals surface area contributed by atoms with Gasteiger partial charge in [-0.2, -0.15) is 0 Å². The molecule has 3 rings (SSSR count). The molecule has 0 saturated carbocycles. The van der Waals surface area contributed by atoms with Gasteiger partial charge in [-0.3, -0.25) is 0 Å². The Morgan fingerprint density at radius 2 is 2.05 bits per heavy atom. The second kappa shape index (κ2) is 4.57. The molecular formula is C16H18N2O. The number of ether oxygens (including phenoxy) is 1. The van der Waals surface area contributed by atoms with Crippen molar-refractivity contribution < 1.29 is 4.74 Å². The molecule has 1 atom stereocenters. The van der Waals surface area contributed by atoms with Gasteiger partial charge in [0.05, 0.1) is 12.3 Å². The molecule has 1 unspecified atom stereocenters. The number of nitrogens with zero attached hydrogens (tertiary/aromatic N) is 2. The van der Waals surface area contributed by atoms with Crippen molar-refractivity contribution in [2.45, 2.75) is 31.9 Å². The zero-order chi connectivity index (χ0) is 13.3. The molecule has 0 spiro atoms. The maximum absolute atomic E-state index is 5.62. The van der Waals surface area contributed by atoms with E-state index in [2.05, 4.69) is 41.6 Å². The Balaban J connectivity index is 1.97. The molecule has 19 heavy (non-hydrogen) atoms. The molecule has 0 amide bonds. The maximum Gasteiger partial charge on any atom is 0.140 e. The first kappa shape index (κ1) is 12.0. The predicted molar refractivity (Wildman–Crippen MR) is 75.6 cm³/mol. The molecule has 3 heteroatoms. The molecule has 2 aromatic rings. The Morgan fingerprint density at radius 1 is 1.26 bits per heavy atom. The molecule has 3 nitrogen and oxygen atoms in total. The van der Waals surface area contributed by atoms with E-state index in [-0.39, 0.29) is 5.60 Å². The Labute approximate surface area is 113 Å². The Morgan fingerprint density at radius 3 is 2.79 bits per heavy atom. The third kappa shape index (κ3) is 2.41. The molecule has 0 radical (unpaired) electrons. The minimum absolute atomic E-state index is 0.127. The molecule has 0 N–H and O–H groups in total. The summed E-state index contributed by atoms with van der Waals surface area (Å²) in [5, 5.41) is 0. The molecule has 1 aromatic carbocycles. The number of benzene rings is 1. The largest absolute Gasteiger partial charge is 0.496 e. The van der Waals surface area contributed by atoms with E-state index in [9.17, 15) is 0 Å². The van der Waals surface area contributed by atoms with Crippen molar-refractivity contribution in [1.29, 1.82) is 0 Å². The van der Waals surface area contributed by atoms with E-state index >= 15 is 0 Å².